The number of rotatable bonds is 15. The number of halogens is 4. The topological polar surface area (TPSA) is 65.4 Å². The van der Waals surface area contributed by atoms with Crippen molar-refractivity contribution >= 4 is 17.7 Å². The van der Waals surface area contributed by atoms with Gasteiger partial charge in [-0.05, 0) is 61.9 Å². The predicted molar refractivity (Wildman–Crippen MR) is 148 cm³/mol. The molecule has 0 spiro atoms. The Balaban J connectivity index is 2.37. The molecular weight excluding hydrogens is 512 g/mol. The molecule has 1 aromatic heterocycles. The van der Waals surface area contributed by atoms with E-state index in [1.807, 2.05) is 45.2 Å². The molecule has 0 amide bonds. The van der Waals surface area contributed by atoms with Crippen molar-refractivity contribution < 1.29 is 22.4 Å². The molecule has 2 aromatic rings. The number of nitrogens with zero attached hydrogens (tertiary/aromatic N) is 4. The molecule has 212 valence electrons. The monoisotopic (exact) mass is 548 g/mol. The SMILES string of the molecule is CCN(CCNc1cnn(C)c1)/C(=C/C=C(/C=C(F)\C=C\C=O)C(C)Nc1ccc(F)cc1C(F)F)N(C)C. The Morgan fingerprint density at radius 2 is 1.97 bits per heavy atom. The fourth-order valence-electron chi connectivity index (χ4n) is 3.81. The van der Waals surface area contributed by atoms with Gasteiger partial charge in [0, 0.05) is 64.3 Å². The van der Waals surface area contributed by atoms with Crippen LogP contribution in [0.15, 0.2) is 78.2 Å². The number of anilines is 2. The predicted octanol–water partition coefficient (Wildman–Crippen LogP) is 5.67. The standard InChI is InChI=1S/C28H36F4N6O/c1-6-38(14-13-33-24-18-34-37(5)19-24)27(36(3)4)12-9-21(16-22(29)8-7-15-39)20(2)35-26-11-10-23(30)17-25(26)28(31)32/h7-12,15-20,28,33,35H,6,13-14H2,1-5H3/b8-7+,21-9-,22-16+,27-12+. The first-order valence-electron chi connectivity index (χ1n) is 12.5. The minimum atomic E-state index is -2.90. The molecule has 0 fully saturated rings. The van der Waals surface area contributed by atoms with E-state index in [4.69, 9.17) is 0 Å². The number of aldehydes is 1. The van der Waals surface area contributed by atoms with Gasteiger partial charge in [-0.3, -0.25) is 9.48 Å². The van der Waals surface area contributed by atoms with Crippen molar-refractivity contribution in [3.05, 3.63) is 89.6 Å². The largest absolute Gasteiger partial charge is 0.381 e. The van der Waals surface area contributed by atoms with Crippen LogP contribution in [-0.2, 0) is 11.8 Å². The Kier molecular flexibility index (Phi) is 12.3. The number of allylic oxidation sites excluding steroid dienone is 5. The lowest BCUT2D eigenvalue weighted by Crippen LogP contribution is -2.34. The van der Waals surface area contributed by atoms with Crippen LogP contribution in [0.25, 0.3) is 0 Å². The Morgan fingerprint density at radius 3 is 2.56 bits per heavy atom. The number of alkyl halides is 2. The summed E-state index contributed by atoms with van der Waals surface area (Å²) in [5, 5.41) is 10.4. The summed E-state index contributed by atoms with van der Waals surface area (Å²) in [6, 6.07) is 2.43. The molecule has 2 rings (SSSR count). The zero-order valence-electron chi connectivity index (χ0n) is 22.8. The molecule has 0 aliphatic heterocycles. The Bertz CT molecular complexity index is 1200. The lowest BCUT2D eigenvalue weighted by Gasteiger charge is -2.31. The Morgan fingerprint density at radius 1 is 1.23 bits per heavy atom. The fourth-order valence-corrected chi connectivity index (χ4v) is 3.81. The summed E-state index contributed by atoms with van der Waals surface area (Å²) < 4.78 is 56.9. The molecule has 0 saturated carbocycles. The highest BCUT2D eigenvalue weighted by Gasteiger charge is 2.17. The highest BCUT2D eigenvalue weighted by molar-refractivity contribution is 5.65. The summed E-state index contributed by atoms with van der Waals surface area (Å²) in [5.74, 6) is -0.633. The first-order valence-corrected chi connectivity index (χ1v) is 12.5. The van der Waals surface area contributed by atoms with Gasteiger partial charge in [0.15, 0.2) is 0 Å². The van der Waals surface area contributed by atoms with Crippen molar-refractivity contribution in [2.45, 2.75) is 26.3 Å². The lowest BCUT2D eigenvalue weighted by atomic mass is 10.1. The van der Waals surface area contributed by atoms with Gasteiger partial charge in [0.05, 0.1) is 11.9 Å². The molecule has 1 heterocycles. The van der Waals surface area contributed by atoms with Crippen molar-refractivity contribution in [1.82, 2.24) is 19.6 Å². The van der Waals surface area contributed by atoms with Crippen molar-refractivity contribution in [1.29, 1.82) is 0 Å². The third kappa shape index (κ3) is 9.99. The number of aryl methyl sites for hydroxylation is 1. The van der Waals surface area contributed by atoms with E-state index in [2.05, 4.69) is 20.6 Å². The van der Waals surface area contributed by atoms with Crippen LogP contribution >= 0.6 is 0 Å². The highest BCUT2D eigenvalue weighted by Crippen LogP contribution is 2.29. The maximum atomic E-state index is 14.6. The quantitative estimate of drug-likeness (QED) is 0.129. The second kappa shape index (κ2) is 15.4. The maximum Gasteiger partial charge on any atom is 0.265 e. The maximum absolute atomic E-state index is 14.6. The van der Waals surface area contributed by atoms with E-state index in [0.29, 0.717) is 31.5 Å². The van der Waals surface area contributed by atoms with Gasteiger partial charge >= 0.3 is 0 Å². The van der Waals surface area contributed by atoms with E-state index in [-0.39, 0.29) is 5.69 Å². The number of nitrogens with one attached hydrogen (secondary N) is 2. The van der Waals surface area contributed by atoms with Gasteiger partial charge in [-0.15, -0.1) is 0 Å². The first-order chi connectivity index (χ1) is 18.5. The van der Waals surface area contributed by atoms with Crippen LogP contribution in [0.2, 0.25) is 0 Å². The van der Waals surface area contributed by atoms with E-state index in [1.165, 1.54) is 12.1 Å². The third-order valence-corrected chi connectivity index (χ3v) is 5.76. The van der Waals surface area contributed by atoms with E-state index >= 15 is 0 Å². The molecule has 1 atom stereocenters. The number of carbonyl (C=O) groups excluding carboxylic acids is 1. The van der Waals surface area contributed by atoms with E-state index in [9.17, 15) is 22.4 Å². The van der Waals surface area contributed by atoms with Crippen molar-refractivity contribution in [3.8, 4) is 0 Å². The number of carbonyl (C=O) groups is 1. The molecule has 0 aliphatic rings. The van der Waals surface area contributed by atoms with E-state index < -0.39 is 29.7 Å². The molecule has 7 nitrogen and oxygen atoms in total. The molecule has 39 heavy (non-hydrogen) atoms. The van der Waals surface area contributed by atoms with Crippen LogP contribution in [0.1, 0.15) is 25.8 Å². The zero-order valence-corrected chi connectivity index (χ0v) is 22.8. The molecule has 0 saturated heterocycles. The van der Waals surface area contributed by atoms with Gasteiger partial charge in [0.1, 0.15) is 23.8 Å². The van der Waals surface area contributed by atoms with Crippen molar-refractivity contribution in [2.24, 2.45) is 7.05 Å². The van der Waals surface area contributed by atoms with Gasteiger partial charge in [0.2, 0.25) is 0 Å². The van der Waals surface area contributed by atoms with Gasteiger partial charge in [-0.2, -0.15) is 5.10 Å². The first kappa shape index (κ1) is 31.2. The molecule has 0 bridgehead atoms. The second-order valence-electron chi connectivity index (χ2n) is 8.92. The normalized spacial score (nSPS) is 13.6. The number of hydrogen-bond donors (Lipinski definition) is 2. The third-order valence-electron chi connectivity index (χ3n) is 5.76. The minimum Gasteiger partial charge on any atom is -0.381 e. The average Bonchev–Trinajstić information content (AvgIpc) is 3.30. The molecular formula is C28H36F4N6O. The molecule has 1 unspecified atom stereocenters. The van der Waals surface area contributed by atoms with Gasteiger partial charge in [-0.1, -0.05) is 6.08 Å². The summed E-state index contributed by atoms with van der Waals surface area (Å²) >= 11 is 0. The molecule has 1 aromatic carbocycles. The molecule has 0 radical (unpaired) electrons. The number of hydrogen-bond acceptors (Lipinski definition) is 6. The van der Waals surface area contributed by atoms with Crippen LogP contribution in [-0.4, -0.2) is 65.6 Å². The van der Waals surface area contributed by atoms with Crippen LogP contribution in [0.4, 0.5) is 28.9 Å². The van der Waals surface area contributed by atoms with Crippen LogP contribution < -0.4 is 10.6 Å². The van der Waals surface area contributed by atoms with Crippen molar-refractivity contribution in [3.63, 3.8) is 0 Å². The Labute approximate surface area is 227 Å². The molecule has 0 aliphatic carbocycles. The minimum absolute atomic E-state index is 0.0375. The summed E-state index contributed by atoms with van der Waals surface area (Å²) in [4.78, 5) is 14.7. The van der Waals surface area contributed by atoms with Crippen LogP contribution in [0.5, 0.6) is 0 Å². The molecule has 2 N–H and O–H groups in total. The number of likely N-dealkylation sites (N-methyl/N-ethyl adjacent to an activating group) is 1. The number of aromatic nitrogens is 2. The fraction of sp³-hybridized carbons (Fsp3) is 0.357. The zero-order chi connectivity index (χ0) is 28.9. The number of benzene rings is 1. The average molecular weight is 549 g/mol. The smallest absolute Gasteiger partial charge is 0.265 e. The van der Waals surface area contributed by atoms with E-state index in [0.717, 1.165) is 35.8 Å². The highest BCUT2D eigenvalue weighted by atomic mass is 19.3. The van der Waals surface area contributed by atoms with Crippen LogP contribution in [0.3, 0.4) is 0 Å². The summed E-state index contributed by atoms with van der Waals surface area (Å²) in [5.41, 5.74) is 0.861. The summed E-state index contributed by atoms with van der Waals surface area (Å²) in [6.45, 7) is 5.68. The lowest BCUT2D eigenvalue weighted by molar-refractivity contribution is -0.104. The summed E-state index contributed by atoms with van der Waals surface area (Å²) in [7, 11) is 5.61. The van der Waals surface area contributed by atoms with Crippen molar-refractivity contribution in [2.75, 3.05) is 44.4 Å². The Hall–Kier alpha value is -4.02. The molecule has 11 heteroatoms. The second-order valence-corrected chi connectivity index (χ2v) is 8.92. The van der Waals surface area contributed by atoms with Gasteiger partial charge in [-0.25, -0.2) is 17.6 Å². The van der Waals surface area contributed by atoms with Crippen LogP contribution in [0, 0.1) is 5.82 Å². The summed E-state index contributed by atoms with van der Waals surface area (Å²) in [6.07, 6.45) is 7.91. The van der Waals surface area contributed by atoms with E-state index in [1.54, 1.807) is 23.9 Å². The van der Waals surface area contributed by atoms with Gasteiger partial charge in [0.25, 0.3) is 6.43 Å². The van der Waals surface area contributed by atoms with Gasteiger partial charge < -0.3 is 20.4 Å².